The van der Waals surface area contributed by atoms with Crippen LogP contribution in [0.2, 0.25) is 5.02 Å². The van der Waals surface area contributed by atoms with Crippen LogP contribution in [0, 0.1) is 11.8 Å². The second kappa shape index (κ2) is 8.62. The van der Waals surface area contributed by atoms with Crippen LogP contribution in [0.15, 0.2) is 24.3 Å². The van der Waals surface area contributed by atoms with Gasteiger partial charge < -0.3 is 10.6 Å². The van der Waals surface area contributed by atoms with Crippen LogP contribution in [0.25, 0.3) is 0 Å². The molecule has 0 aromatic heterocycles. The Morgan fingerprint density at radius 2 is 2.19 bits per heavy atom. The minimum atomic E-state index is 0. The third kappa shape index (κ3) is 4.60. The molecule has 21 heavy (non-hydrogen) atoms. The first-order valence-electron chi connectivity index (χ1n) is 7.39. The maximum absolute atomic E-state index is 12.7. The van der Waals surface area contributed by atoms with Crippen molar-refractivity contribution in [3.05, 3.63) is 34.9 Å². The number of nitrogens with zero attached hydrogens (tertiary/aromatic N) is 1. The number of halogens is 2. The van der Waals surface area contributed by atoms with Crippen LogP contribution in [0.4, 0.5) is 0 Å². The van der Waals surface area contributed by atoms with Gasteiger partial charge in [0.25, 0.3) is 0 Å². The molecule has 2 N–H and O–H groups in total. The third-order valence-electron chi connectivity index (χ3n) is 4.23. The molecule has 1 aliphatic carbocycles. The number of hydrogen-bond acceptors (Lipinski definition) is 2. The molecular weight excluding hydrogens is 307 g/mol. The Kier molecular flexibility index (Phi) is 7.50. The van der Waals surface area contributed by atoms with Crippen molar-refractivity contribution in [3.8, 4) is 0 Å². The van der Waals surface area contributed by atoms with E-state index in [0.717, 1.165) is 31.4 Å². The summed E-state index contributed by atoms with van der Waals surface area (Å²) in [5.74, 6) is 0.718. The van der Waals surface area contributed by atoms with E-state index in [4.69, 9.17) is 17.3 Å². The summed E-state index contributed by atoms with van der Waals surface area (Å²) >= 11 is 6.00. The molecule has 2 atom stereocenters. The van der Waals surface area contributed by atoms with Gasteiger partial charge in [0.15, 0.2) is 0 Å². The van der Waals surface area contributed by atoms with E-state index in [1.54, 1.807) is 0 Å². The van der Waals surface area contributed by atoms with Gasteiger partial charge in [0, 0.05) is 24.0 Å². The third-order valence-corrected chi connectivity index (χ3v) is 4.47. The number of rotatable bonds is 5. The van der Waals surface area contributed by atoms with E-state index >= 15 is 0 Å². The fraction of sp³-hybridized carbons (Fsp3) is 0.562. The minimum Gasteiger partial charge on any atom is -0.338 e. The maximum Gasteiger partial charge on any atom is 0.226 e. The Labute approximate surface area is 138 Å². The fourth-order valence-corrected chi connectivity index (χ4v) is 3.29. The monoisotopic (exact) mass is 330 g/mol. The molecule has 0 bridgehead atoms. The van der Waals surface area contributed by atoms with Crippen LogP contribution in [-0.2, 0) is 11.3 Å². The van der Waals surface area contributed by atoms with Crippen molar-refractivity contribution in [1.29, 1.82) is 0 Å². The maximum atomic E-state index is 12.7. The van der Waals surface area contributed by atoms with Gasteiger partial charge in [-0.15, -0.1) is 12.4 Å². The van der Waals surface area contributed by atoms with Gasteiger partial charge in [-0.25, -0.2) is 0 Å². The Bertz CT molecular complexity index is 467. The summed E-state index contributed by atoms with van der Waals surface area (Å²) in [5.41, 5.74) is 6.87. The first-order chi connectivity index (χ1) is 9.65. The predicted octanol–water partition coefficient (Wildman–Crippen LogP) is 3.49. The molecule has 1 amide bonds. The van der Waals surface area contributed by atoms with Gasteiger partial charge in [0.2, 0.25) is 5.91 Å². The topological polar surface area (TPSA) is 46.3 Å². The molecule has 1 aliphatic rings. The van der Waals surface area contributed by atoms with Crippen LogP contribution in [-0.4, -0.2) is 23.9 Å². The van der Waals surface area contributed by atoms with Crippen molar-refractivity contribution in [2.75, 3.05) is 13.1 Å². The SMILES string of the molecule is CCN(Cc1cccc(Cl)c1)C(=O)[C@@H]1CCC[C@@H]1CN.Cl. The molecule has 0 unspecified atom stereocenters. The molecule has 1 aromatic carbocycles. The zero-order valence-electron chi connectivity index (χ0n) is 12.4. The van der Waals surface area contributed by atoms with Gasteiger partial charge in [0.05, 0.1) is 0 Å². The smallest absolute Gasteiger partial charge is 0.226 e. The normalized spacial score (nSPS) is 20.9. The van der Waals surface area contributed by atoms with Gasteiger partial charge in [-0.1, -0.05) is 30.2 Å². The first kappa shape index (κ1) is 18.3. The lowest BCUT2D eigenvalue weighted by Crippen LogP contribution is -2.38. The number of nitrogens with two attached hydrogens (primary N) is 1. The van der Waals surface area contributed by atoms with Crippen LogP contribution < -0.4 is 5.73 Å². The van der Waals surface area contributed by atoms with Gasteiger partial charge in [-0.2, -0.15) is 0 Å². The highest BCUT2D eigenvalue weighted by atomic mass is 35.5. The summed E-state index contributed by atoms with van der Waals surface area (Å²) < 4.78 is 0. The quantitative estimate of drug-likeness (QED) is 0.898. The van der Waals surface area contributed by atoms with E-state index in [1.807, 2.05) is 36.1 Å². The molecular formula is C16H24Cl2N2O. The summed E-state index contributed by atoms with van der Waals surface area (Å²) in [6, 6.07) is 7.71. The largest absolute Gasteiger partial charge is 0.338 e. The zero-order valence-corrected chi connectivity index (χ0v) is 14.0. The Hall–Kier alpha value is -0.770. The van der Waals surface area contributed by atoms with E-state index in [-0.39, 0.29) is 24.2 Å². The van der Waals surface area contributed by atoms with Gasteiger partial charge >= 0.3 is 0 Å². The van der Waals surface area contributed by atoms with Crippen LogP contribution in [0.1, 0.15) is 31.7 Å². The van der Waals surface area contributed by atoms with E-state index < -0.39 is 0 Å². The molecule has 0 heterocycles. The molecule has 5 heteroatoms. The van der Waals surface area contributed by atoms with Crippen LogP contribution in [0.3, 0.4) is 0 Å². The lowest BCUT2D eigenvalue weighted by molar-refractivity contribution is -0.137. The number of hydrogen-bond donors (Lipinski definition) is 1. The number of benzene rings is 1. The zero-order chi connectivity index (χ0) is 14.5. The molecule has 0 aliphatic heterocycles. The fourth-order valence-electron chi connectivity index (χ4n) is 3.08. The standard InChI is InChI=1S/C16H23ClN2O.ClH/c1-2-19(11-12-5-3-7-14(17)9-12)16(20)15-8-4-6-13(15)10-18;/h3,5,7,9,13,15H,2,4,6,8,10-11,18H2,1H3;1H/t13-,15-;/m1./s1. The average Bonchev–Trinajstić information content (AvgIpc) is 2.92. The highest BCUT2D eigenvalue weighted by Gasteiger charge is 2.34. The van der Waals surface area contributed by atoms with Crippen molar-refractivity contribution >= 4 is 29.9 Å². The summed E-state index contributed by atoms with van der Waals surface area (Å²) in [6.07, 6.45) is 3.18. The average molecular weight is 331 g/mol. The molecule has 118 valence electrons. The predicted molar refractivity (Wildman–Crippen MR) is 89.7 cm³/mol. The lowest BCUT2D eigenvalue weighted by atomic mass is 9.94. The molecule has 1 saturated carbocycles. The Morgan fingerprint density at radius 3 is 2.81 bits per heavy atom. The molecule has 1 fully saturated rings. The molecule has 0 saturated heterocycles. The van der Waals surface area contributed by atoms with Gasteiger partial charge in [-0.3, -0.25) is 4.79 Å². The molecule has 1 aromatic rings. The molecule has 0 radical (unpaired) electrons. The summed E-state index contributed by atoms with van der Waals surface area (Å²) in [5, 5.41) is 0.715. The minimum absolute atomic E-state index is 0. The summed E-state index contributed by atoms with van der Waals surface area (Å²) in [4.78, 5) is 14.6. The van der Waals surface area contributed by atoms with Crippen molar-refractivity contribution in [3.63, 3.8) is 0 Å². The first-order valence-corrected chi connectivity index (χ1v) is 7.76. The number of carbonyl (C=O) groups is 1. The van der Waals surface area contributed by atoms with Crippen molar-refractivity contribution in [2.45, 2.75) is 32.7 Å². The second-order valence-corrected chi connectivity index (χ2v) is 5.95. The Morgan fingerprint density at radius 1 is 1.43 bits per heavy atom. The lowest BCUT2D eigenvalue weighted by Gasteiger charge is -2.27. The van der Waals surface area contributed by atoms with Crippen molar-refractivity contribution in [2.24, 2.45) is 17.6 Å². The van der Waals surface area contributed by atoms with Crippen molar-refractivity contribution < 1.29 is 4.79 Å². The second-order valence-electron chi connectivity index (χ2n) is 5.52. The molecule has 3 nitrogen and oxygen atoms in total. The number of carbonyl (C=O) groups excluding carboxylic acids is 1. The summed E-state index contributed by atoms with van der Waals surface area (Å²) in [7, 11) is 0. The van der Waals surface area contributed by atoms with E-state index in [2.05, 4.69) is 0 Å². The summed E-state index contributed by atoms with van der Waals surface area (Å²) in [6.45, 7) is 3.99. The van der Waals surface area contributed by atoms with E-state index in [1.165, 1.54) is 0 Å². The van der Waals surface area contributed by atoms with Gasteiger partial charge in [0.1, 0.15) is 0 Å². The highest BCUT2D eigenvalue weighted by Crippen LogP contribution is 2.32. The van der Waals surface area contributed by atoms with Crippen LogP contribution in [0.5, 0.6) is 0 Å². The molecule has 0 spiro atoms. The van der Waals surface area contributed by atoms with E-state index in [0.29, 0.717) is 24.0 Å². The molecule has 2 rings (SSSR count). The van der Waals surface area contributed by atoms with E-state index in [9.17, 15) is 4.79 Å². The highest BCUT2D eigenvalue weighted by molar-refractivity contribution is 6.30. The number of amides is 1. The van der Waals surface area contributed by atoms with Crippen LogP contribution >= 0.6 is 24.0 Å². The van der Waals surface area contributed by atoms with Gasteiger partial charge in [-0.05, 0) is 49.9 Å². The Balaban J connectivity index is 0.00000220. The van der Waals surface area contributed by atoms with Crippen molar-refractivity contribution in [1.82, 2.24) is 4.90 Å².